The molecule has 0 aromatic heterocycles. The smallest absolute Gasteiger partial charge is 0.138 e. The Labute approximate surface area is 138 Å². The number of halogens is 3. The van der Waals surface area contributed by atoms with Gasteiger partial charge < -0.3 is 15.2 Å². The van der Waals surface area contributed by atoms with Crippen molar-refractivity contribution in [2.45, 2.75) is 12.6 Å². The molecule has 0 bridgehead atoms. The molecule has 2 aromatic carbocycles. The lowest BCUT2D eigenvalue weighted by Gasteiger charge is -2.14. The van der Waals surface area contributed by atoms with Gasteiger partial charge in [-0.05, 0) is 35.9 Å². The molecule has 2 rings (SSSR count). The predicted molar refractivity (Wildman–Crippen MR) is 86.1 cm³/mol. The van der Waals surface area contributed by atoms with Crippen LogP contribution >= 0.6 is 23.2 Å². The average Bonchev–Trinajstić information content (AvgIpc) is 2.48. The van der Waals surface area contributed by atoms with Crippen molar-refractivity contribution >= 4 is 23.2 Å². The first-order chi connectivity index (χ1) is 10.5. The molecule has 0 radical (unpaired) electrons. The quantitative estimate of drug-likeness (QED) is 0.805. The molecular weight excluding hydrogens is 328 g/mol. The van der Waals surface area contributed by atoms with E-state index in [1.165, 1.54) is 18.2 Å². The molecule has 0 heterocycles. The fourth-order valence-electron chi connectivity index (χ4n) is 1.82. The number of benzene rings is 2. The van der Waals surface area contributed by atoms with Gasteiger partial charge in [0.2, 0.25) is 0 Å². The second-order valence-corrected chi connectivity index (χ2v) is 5.64. The molecule has 0 spiro atoms. The van der Waals surface area contributed by atoms with Crippen molar-refractivity contribution in [3.63, 3.8) is 0 Å². The van der Waals surface area contributed by atoms with Crippen molar-refractivity contribution in [2.75, 3.05) is 13.2 Å². The van der Waals surface area contributed by atoms with Crippen molar-refractivity contribution in [3.05, 3.63) is 63.9 Å². The zero-order chi connectivity index (χ0) is 15.9. The van der Waals surface area contributed by atoms with Crippen LogP contribution in [0.15, 0.2) is 42.5 Å². The molecule has 1 unspecified atom stereocenters. The first kappa shape index (κ1) is 17.0. The van der Waals surface area contributed by atoms with Crippen LogP contribution in [-0.2, 0) is 6.54 Å². The molecule has 0 amide bonds. The second kappa shape index (κ2) is 8.34. The molecule has 22 heavy (non-hydrogen) atoms. The first-order valence-electron chi connectivity index (χ1n) is 6.75. The number of hydrogen-bond donors (Lipinski definition) is 2. The van der Waals surface area contributed by atoms with Crippen LogP contribution < -0.4 is 10.1 Å². The van der Waals surface area contributed by atoms with Gasteiger partial charge in [-0.15, -0.1) is 0 Å². The van der Waals surface area contributed by atoms with E-state index in [-0.39, 0.29) is 11.6 Å². The minimum atomic E-state index is -0.701. The number of aliphatic hydroxyl groups is 1. The molecule has 3 nitrogen and oxygen atoms in total. The number of ether oxygens (including phenoxy) is 1. The van der Waals surface area contributed by atoms with Crippen molar-refractivity contribution in [2.24, 2.45) is 0 Å². The summed E-state index contributed by atoms with van der Waals surface area (Å²) in [6.07, 6.45) is -0.701. The SMILES string of the molecule is OC(CNCc1ccc(Cl)cc1)COc1ccc(F)cc1Cl. The standard InChI is InChI=1S/C16H16Cl2FNO2/c17-12-3-1-11(2-4-12)8-20-9-14(21)10-22-16-6-5-13(19)7-15(16)18/h1-7,14,20-21H,8-10H2. The maximum absolute atomic E-state index is 12.9. The van der Waals surface area contributed by atoms with Crippen molar-refractivity contribution in [1.82, 2.24) is 5.32 Å². The first-order valence-corrected chi connectivity index (χ1v) is 7.51. The Hall–Kier alpha value is -1.33. The van der Waals surface area contributed by atoms with E-state index >= 15 is 0 Å². The molecule has 0 aliphatic rings. The van der Waals surface area contributed by atoms with Gasteiger partial charge in [-0.3, -0.25) is 0 Å². The highest BCUT2D eigenvalue weighted by Crippen LogP contribution is 2.24. The normalized spacial score (nSPS) is 12.2. The molecule has 118 valence electrons. The maximum atomic E-state index is 12.9. The van der Waals surface area contributed by atoms with Gasteiger partial charge >= 0.3 is 0 Å². The fraction of sp³-hybridized carbons (Fsp3) is 0.250. The molecule has 2 aromatic rings. The van der Waals surface area contributed by atoms with Crippen LogP contribution in [0.2, 0.25) is 10.0 Å². The summed E-state index contributed by atoms with van der Waals surface area (Å²) in [7, 11) is 0. The maximum Gasteiger partial charge on any atom is 0.138 e. The van der Waals surface area contributed by atoms with Gasteiger partial charge in [0.15, 0.2) is 0 Å². The second-order valence-electron chi connectivity index (χ2n) is 4.80. The van der Waals surface area contributed by atoms with Crippen molar-refractivity contribution in [1.29, 1.82) is 0 Å². The lowest BCUT2D eigenvalue weighted by atomic mass is 10.2. The predicted octanol–water partition coefficient (Wildman–Crippen LogP) is 3.66. The Morgan fingerprint density at radius 1 is 1.14 bits per heavy atom. The number of aliphatic hydroxyl groups excluding tert-OH is 1. The minimum Gasteiger partial charge on any atom is -0.489 e. The summed E-state index contributed by atoms with van der Waals surface area (Å²) < 4.78 is 18.3. The molecule has 0 fully saturated rings. The molecule has 6 heteroatoms. The molecule has 1 atom stereocenters. The van der Waals surface area contributed by atoms with E-state index in [1.54, 1.807) is 0 Å². The Balaban J connectivity index is 1.71. The monoisotopic (exact) mass is 343 g/mol. The number of hydrogen-bond acceptors (Lipinski definition) is 3. The molecule has 0 saturated carbocycles. The zero-order valence-corrected chi connectivity index (χ0v) is 13.2. The van der Waals surface area contributed by atoms with Crippen LogP contribution in [0.1, 0.15) is 5.56 Å². The Morgan fingerprint density at radius 3 is 2.55 bits per heavy atom. The summed E-state index contributed by atoms with van der Waals surface area (Å²) in [5.74, 6) is -0.0812. The Morgan fingerprint density at radius 2 is 1.86 bits per heavy atom. The van der Waals surface area contributed by atoms with Crippen LogP contribution in [0.5, 0.6) is 5.75 Å². The highest BCUT2D eigenvalue weighted by atomic mass is 35.5. The van der Waals surface area contributed by atoms with Crippen LogP contribution in [0.25, 0.3) is 0 Å². The summed E-state index contributed by atoms with van der Waals surface area (Å²) in [6.45, 7) is 1.05. The van der Waals surface area contributed by atoms with Crippen LogP contribution in [0.3, 0.4) is 0 Å². The van der Waals surface area contributed by atoms with E-state index in [0.29, 0.717) is 23.9 Å². The van der Waals surface area contributed by atoms with Gasteiger partial charge in [-0.1, -0.05) is 35.3 Å². The molecular formula is C16H16Cl2FNO2. The third-order valence-corrected chi connectivity index (χ3v) is 3.49. The van der Waals surface area contributed by atoms with Crippen molar-refractivity contribution < 1.29 is 14.2 Å². The van der Waals surface area contributed by atoms with Crippen LogP contribution in [0, 0.1) is 5.82 Å². The number of nitrogens with one attached hydrogen (secondary N) is 1. The summed E-state index contributed by atoms with van der Waals surface area (Å²) in [5, 5.41) is 13.8. The highest BCUT2D eigenvalue weighted by Gasteiger charge is 2.08. The van der Waals surface area contributed by atoms with Gasteiger partial charge in [-0.25, -0.2) is 4.39 Å². The van der Waals surface area contributed by atoms with Crippen LogP contribution in [0.4, 0.5) is 4.39 Å². The van der Waals surface area contributed by atoms with E-state index in [0.717, 1.165) is 5.56 Å². The third kappa shape index (κ3) is 5.46. The highest BCUT2D eigenvalue weighted by molar-refractivity contribution is 6.32. The van der Waals surface area contributed by atoms with E-state index in [2.05, 4.69) is 5.32 Å². The van der Waals surface area contributed by atoms with Crippen molar-refractivity contribution in [3.8, 4) is 5.75 Å². The van der Waals surface area contributed by atoms with Gasteiger partial charge in [-0.2, -0.15) is 0 Å². The third-order valence-electron chi connectivity index (χ3n) is 2.95. The summed E-state index contributed by atoms with van der Waals surface area (Å²) in [6, 6.07) is 11.3. The lowest BCUT2D eigenvalue weighted by Crippen LogP contribution is -2.31. The summed E-state index contributed by atoms with van der Waals surface area (Å²) in [5.41, 5.74) is 1.07. The van der Waals surface area contributed by atoms with Gasteiger partial charge in [0.25, 0.3) is 0 Å². The van der Waals surface area contributed by atoms with E-state index in [4.69, 9.17) is 27.9 Å². The van der Waals surface area contributed by atoms with E-state index in [1.807, 2.05) is 24.3 Å². The average molecular weight is 344 g/mol. The lowest BCUT2D eigenvalue weighted by molar-refractivity contribution is 0.106. The topological polar surface area (TPSA) is 41.5 Å². The fourth-order valence-corrected chi connectivity index (χ4v) is 2.17. The van der Waals surface area contributed by atoms with Gasteiger partial charge in [0.1, 0.15) is 24.3 Å². The number of rotatable bonds is 7. The molecule has 0 saturated heterocycles. The largest absolute Gasteiger partial charge is 0.489 e. The Kier molecular flexibility index (Phi) is 6.46. The van der Waals surface area contributed by atoms with E-state index in [9.17, 15) is 9.50 Å². The van der Waals surface area contributed by atoms with Gasteiger partial charge in [0.05, 0.1) is 5.02 Å². The van der Waals surface area contributed by atoms with E-state index < -0.39 is 11.9 Å². The minimum absolute atomic E-state index is 0.0684. The zero-order valence-electron chi connectivity index (χ0n) is 11.7. The molecule has 0 aliphatic heterocycles. The summed E-state index contributed by atoms with van der Waals surface area (Å²) >= 11 is 11.6. The summed E-state index contributed by atoms with van der Waals surface area (Å²) in [4.78, 5) is 0. The van der Waals surface area contributed by atoms with Gasteiger partial charge in [0, 0.05) is 18.1 Å². The molecule has 0 aliphatic carbocycles. The molecule has 2 N–H and O–H groups in total. The van der Waals surface area contributed by atoms with Crippen LogP contribution in [-0.4, -0.2) is 24.4 Å². The Bertz CT molecular complexity index is 608.